The van der Waals surface area contributed by atoms with Crippen LogP contribution < -0.4 is 16.4 Å². The molecule has 88 valence electrons. The third kappa shape index (κ3) is 9.55. The molecule has 6 heteroatoms. The predicted molar refractivity (Wildman–Crippen MR) is 62.7 cm³/mol. The molecule has 0 atom stereocenters. The van der Waals surface area contributed by atoms with Gasteiger partial charge in [0, 0.05) is 6.54 Å². The van der Waals surface area contributed by atoms with E-state index >= 15 is 0 Å². The van der Waals surface area contributed by atoms with Crippen molar-refractivity contribution in [3.8, 4) is 0 Å². The number of carbonyl (C=O) groups excluding carboxylic acids is 2. The first kappa shape index (κ1) is 14.2. The summed E-state index contributed by atoms with van der Waals surface area (Å²) in [5, 5.41) is 5.12. The van der Waals surface area contributed by atoms with Gasteiger partial charge in [-0.05, 0) is 17.9 Å². The SMILES string of the molecule is CCSCCCNC(=O)CNC(=O)CN. The van der Waals surface area contributed by atoms with Gasteiger partial charge in [0.2, 0.25) is 11.8 Å². The first-order valence-electron chi connectivity index (χ1n) is 5.02. The Morgan fingerprint density at radius 1 is 1.27 bits per heavy atom. The number of hydrogen-bond acceptors (Lipinski definition) is 4. The molecular formula is C9H19N3O2S. The molecule has 2 amide bonds. The van der Waals surface area contributed by atoms with Gasteiger partial charge in [0.1, 0.15) is 0 Å². The minimum atomic E-state index is -0.313. The summed E-state index contributed by atoms with van der Waals surface area (Å²) < 4.78 is 0. The fraction of sp³-hybridized carbons (Fsp3) is 0.778. The molecule has 0 aliphatic carbocycles. The maximum Gasteiger partial charge on any atom is 0.239 e. The Labute approximate surface area is 94.5 Å². The van der Waals surface area contributed by atoms with Gasteiger partial charge in [-0.25, -0.2) is 0 Å². The van der Waals surface area contributed by atoms with Crippen LogP contribution >= 0.6 is 11.8 Å². The van der Waals surface area contributed by atoms with Crippen molar-refractivity contribution in [2.75, 3.05) is 31.1 Å². The topological polar surface area (TPSA) is 84.2 Å². The van der Waals surface area contributed by atoms with Crippen molar-refractivity contribution < 1.29 is 9.59 Å². The van der Waals surface area contributed by atoms with E-state index in [2.05, 4.69) is 17.6 Å². The first-order chi connectivity index (χ1) is 7.20. The molecule has 0 rings (SSSR count). The number of nitrogens with two attached hydrogens (primary N) is 1. The molecule has 0 heterocycles. The quantitative estimate of drug-likeness (QED) is 0.485. The van der Waals surface area contributed by atoms with Gasteiger partial charge in [0.15, 0.2) is 0 Å². The second-order valence-electron chi connectivity index (χ2n) is 2.88. The van der Waals surface area contributed by atoms with E-state index in [1.54, 1.807) is 0 Å². The van der Waals surface area contributed by atoms with Crippen molar-refractivity contribution in [3.05, 3.63) is 0 Å². The fourth-order valence-electron chi connectivity index (χ4n) is 0.860. The van der Waals surface area contributed by atoms with Crippen molar-refractivity contribution in [2.24, 2.45) is 5.73 Å². The monoisotopic (exact) mass is 233 g/mol. The Hall–Kier alpha value is -0.750. The standard InChI is InChI=1S/C9H19N3O2S/c1-2-15-5-3-4-11-9(14)7-12-8(13)6-10/h2-7,10H2,1H3,(H,11,14)(H,12,13). The molecule has 5 nitrogen and oxygen atoms in total. The molecule has 0 aliphatic heterocycles. The summed E-state index contributed by atoms with van der Waals surface area (Å²) in [4.78, 5) is 21.8. The lowest BCUT2D eigenvalue weighted by atomic mass is 10.4. The van der Waals surface area contributed by atoms with E-state index in [1.807, 2.05) is 11.8 Å². The Morgan fingerprint density at radius 3 is 2.60 bits per heavy atom. The Morgan fingerprint density at radius 2 is 2.00 bits per heavy atom. The second-order valence-corrected chi connectivity index (χ2v) is 4.28. The minimum Gasteiger partial charge on any atom is -0.355 e. The van der Waals surface area contributed by atoms with E-state index in [9.17, 15) is 9.59 Å². The Bertz CT molecular complexity index is 200. The van der Waals surface area contributed by atoms with E-state index in [0.29, 0.717) is 6.54 Å². The molecule has 0 radical (unpaired) electrons. The molecule has 0 aromatic carbocycles. The van der Waals surface area contributed by atoms with Crippen LogP contribution in [0.25, 0.3) is 0 Å². The highest BCUT2D eigenvalue weighted by atomic mass is 32.2. The average molecular weight is 233 g/mol. The molecule has 0 saturated carbocycles. The van der Waals surface area contributed by atoms with Crippen LogP contribution in [0, 0.1) is 0 Å². The number of rotatable bonds is 8. The van der Waals surface area contributed by atoms with Gasteiger partial charge in [-0.15, -0.1) is 0 Å². The summed E-state index contributed by atoms with van der Waals surface area (Å²) in [7, 11) is 0. The van der Waals surface area contributed by atoms with Crippen LogP contribution in [0.2, 0.25) is 0 Å². The van der Waals surface area contributed by atoms with Crippen molar-refractivity contribution in [3.63, 3.8) is 0 Å². The molecule has 0 spiro atoms. The van der Waals surface area contributed by atoms with Gasteiger partial charge in [-0.1, -0.05) is 6.92 Å². The zero-order chi connectivity index (χ0) is 11.5. The van der Waals surface area contributed by atoms with Gasteiger partial charge in [-0.3, -0.25) is 9.59 Å². The van der Waals surface area contributed by atoms with Crippen molar-refractivity contribution in [1.82, 2.24) is 10.6 Å². The zero-order valence-electron chi connectivity index (χ0n) is 9.04. The molecule has 0 fully saturated rings. The lowest BCUT2D eigenvalue weighted by molar-refractivity contribution is -0.125. The summed E-state index contributed by atoms with van der Waals surface area (Å²) in [6.45, 7) is 2.69. The van der Waals surface area contributed by atoms with Gasteiger partial charge >= 0.3 is 0 Å². The van der Waals surface area contributed by atoms with E-state index in [-0.39, 0.29) is 24.9 Å². The van der Waals surface area contributed by atoms with Crippen LogP contribution in [-0.4, -0.2) is 43.0 Å². The predicted octanol–water partition coefficient (Wildman–Crippen LogP) is -0.679. The van der Waals surface area contributed by atoms with Crippen LogP contribution in [-0.2, 0) is 9.59 Å². The number of amides is 2. The highest BCUT2D eigenvalue weighted by molar-refractivity contribution is 7.99. The Kier molecular flexibility index (Phi) is 9.30. The van der Waals surface area contributed by atoms with Gasteiger partial charge in [0.05, 0.1) is 13.1 Å². The summed E-state index contributed by atoms with van der Waals surface area (Å²) in [5.41, 5.74) is 5.07. The molecule has 15 heavy (non-hydrogen) atoms. The first-order valence-corrected chi connectivity index (χ1v) is 6.17. The molecule has 0 saturated heterocycles. The van der Waals surface area contributed by atoms with Gasteiger partial charge < -0.3 is 16.4 Å². The molecule has 0 aliphatic rings. The highest BCUT2D eigenvalue weighted by Gasteiger charge is 2.02. The van der Waals surface area contributed by atoms with Crippen LogP contribution in [0.5, 0.6) is 0 Å². The van der Waals surface area contributed by atoms with Crippen molar-refractivity contribution >= 4 is 23.6 Å². The lowest BCUT2D eigenvalue weighted by Gasteiger charge is -2.05. The maximum absolute atomic E-state index is 11.1. The fourth-order valence-corrected chi connectivity index (χ4v) is 1.50. The number of hydrogen-bond donors (Lipinski definition) is 3. The number of carbonyl (C=O) groups is 2. The maximum atomic E-state index is 11.1. The van der Waals surface area contributed by atoms with Crippen molar-refractivity contribution in [2.45, 2.75) is 13.3 Å². The number of thioether (sulfide) groups is 1. The van der Waals surface area contributed by atoms with E-state index in [0.717, 1.165) is 17.9 Å². The normalized spacial score (nSPS) is 9.73. The largest absolute Gasteiger partial charge is 0.355 e. The Balaban J connectivity index is 3.30. The van der Waals surface area contributed by atoms with E-state index < -0.39 is 0 Å². The second kappa shape index (κ2) is 9.79. The molecule has 0 aromatic heterocycles. The van der Waals surface area contributed by atoms with E-state index in [4.69, 9.17) is 5.73 Å². The summed E-state index contributed by atoms with van der Waals surface area (Å²) in [6.07, 6.45) is 0.953. The van der Waals surface area contributed by atoms with Crippen LogP contribution in [0.4, 0.5) is 0 Å². The lowest BCUT2D eigenvalue weighted by Crippen LogP contribution is -2.39. The molecular weight excluding hydrogens is 214 g/mol. The highest BCUT2D eigenvalue weighted by Crippen LogP contribution is 1.99. The third-order valence-electron chi connectivity index (χ3n) is 1.62. The number of nitrogens with one attached hydrogen (secondary N) is 2. The molecule has 0 aromatic rings. The summed E-state index contributed by atoms with van der Waals surface area (Å²) in [5.74, 6) is 1.66. The molecule has 0 unspecified atom stereocenters. The summed E-state index contributed by atoms with van der Waals surface area (Å²) in [6, 6.07) is 0. The summed E-state index contributed by atoms with van der Waals surface area (Å²) >= 11 is 1.84. The zero-order valence-corrected chi connectivity index (χ0v) is 9.86. The minimum absolute atomic E-state index is 0.0109. The van der Waals surface area contributed by atoms with Crippen molar-refractivity contribution in [1.29, 1.82) is 0 Å². The van der Waals surface area contributed by atoms with Crippen LogP contribution in [0.15, 0.2) is 0 Å². The molecule has 0 bridgehead atoms. The smallest absolute Gasteiger partial charge is 0.239 e. The van der Waals surface area contributed by atoms with Gasteiger partial charge in [-0.2, -0.15) is 11.8 Å². The van der Waals surface area contributed by atoms with Crippen LogP contribution in [0.3, 0.4) is 0 Å². The van der Waals surface area contributed by atoms with Gasteiger partial charge in [0.25, 0.3) is 0 Å². The average Bonchev–Trinajstić information content (AvgIpc) is 2.25. The molecule has 4 N–H and O–H groups in total. The van der Waals surface area contributed by atoms with Crippen LogP contribution in [0.1, 0.15) is 13.3 Å². The third-order valence-corrected chi connectivity index (χ3v) is 2.61. The van der Waals surface area contributed by atoms with E-state index in [1.165, 1.54) is 0 Å².